The van der Waals surface area contributed by atoms with Crippen molar-refractivity contribution in [2.24, 2.45) is 0 Å². The van der Waals surface area contributed by atoms with E-state index in [0.717, 1.165) is 25.0 Å². The third-order valence-electron chi connectivity index (χ3n) is 3.35. The highest BCUT2D eigenvalue weighted by atomic mass is 35.5. The number of halogens is 2. The number of aromatic carboxylic acids is 1. The van der Waals surface area contributed by atoms with Crippen molar-refractivity contribution < 1.29 is 22.7 Å². The molecule has 0 unspecified atom stereocenters. The molecule has 1 aliphatic carbocycles. The predicted octanol–water partition coefficient (Wildman–Crippen LogP) is 2.35. The molecule has 0 spiro atoms. The minimum atomic E-state index is -4.16. The Morgan fingerprint density at radius 2 is 2.14 bits per heavy atom. The Morgan fingerprint density at radius 1 is 1.52 bits per heavy atom. The summed E-state index contributed by atoms with van der Waals surface area (Å²) < 4.78 is 40.6. The van der Waals surface area contributed by atoms with Gasteiger partial charge in [0, 0.05) is 16.3 Å². The van der Waals surface area contributed by atoms with Gasteiger partial charge in [-0.15, -0.1) is 0 Å². The van der Waals surface area contributed by atoms with Crippen LogP contribution in [0.1, 0.15) is 23.2 Å². The van der Waals surface area contributed by atoms with Crippen LogP contribution in [-0.2, 0) is 10.0 Å². The first-order chi connectivity index (χ1) is 9.71. The van der Waals surface area contributed by atoms with Crippen LogP contribution in [0.25, 0.3) is 0 Å². The molecule has 0 radical (unpaired) electrons. The van der Waals surface area contributed by atoms with Gasteiger partial charge < -0.3 is 5.11 Å². The van der Waals surface area contributed by atoms with Crippen molar-refractivity contribution in [3.8, 4) is 0 Å². The summed E-state index contributed by atoms with van der Waals surface area (Å²) in [6, 6.07) is 1.78. The fourth-order valence-corrected chi connectivity index (χ4v) is 4.16. The van der Waals surface area contributed by atoms with E-state index in [9.17, 15) is 17.6 Å². The van der Waals surface area contributed by atoms with E-state index in [4.69, 9.17) is 16.7 Å². The van der Waals surface area contributed by atoms with E-state index >= 15 is 0 Å². The molecule has 0 aliphatic heterocycles. The number of hydrogen-bond acceptors (Lipinski definition) is 4. The van der Waals surface area contributed by atoms with Crippen LogP contribution in [0, 0.1) is 5.82 Å². The number of sulfonamides is 1. The number of thioether (sulfide) groups is 1. The van der Waals surface area contributed by atoms with E-state index < -0.39 is 32.3 Å². The normalized spacial score (nSPS) is 16.7. The summed E-state index contributed by atoms with van der Waals surface area (Å²) in [5.74, 6) is -2.89. The number of carboxylic acid groups (broad SMARTS) is 1. The van der Waals surface area contributed by atoms with Gasteiger partial charge >= 0.3 is 5.97 Å². The Bertz CT molecular complexity index is 689. The van der Waals surface area contributed by atoms with E-state index in [1.54, 1.807) is 11.8 Å². The summed E-state index contributed by atoms with van der Waals surface area (Å²) >= 11 is 7.22. The van der Waals surface area contributed by atoms with E-state index in [0.29, 0.717) is 0 Å². The van der Waals surface area contributed by atoms with Crippen molar-refractivity contribution in [1.29, 1.82) is 0 Å². The highest BCUT2D eigenvalue weighted by molar-refractivity contribution is 8.00. The zero-order valence-corrected chi connectivity index (χ0v) is 13.4. The number of nitrogens with one attached hydrogen (secondary N) is 1. The largest absolute Gasteiger partial charge is 0.478 e. The third kappa shape index (κ3) is 3.50. The van der Waals surface area contributed by atoms with Crippen molar-refractivity contribution in [2.45, 2.75) is 22.5 Å². The maximum atomic E-state index is 14.1. The van der Waals surface area contributed by atoms with Gasteiger partial charge in [0.2, 0.25) is 10.0 Å². The van der Waals surface area contributed by atoms with Crippen LogP contribution in [0.2, 0.25) is 5.02 Å². The van der Waals surface area contributed by atoms with E-state index in [1.807, 2.05) is 6.26 Å². The van der Waals surface area contributed by atoms with Crippen molar-refractivity contribution >= 4 is 39.4 Å². The van der Waals surface area contributed by atoms with E-state index in [1.165, 1.54) is 0 Å². The molecule has 2 rings (SSSR count). The van der Waals surface area contributed by atoms with Crippen LogP contribution in [0.3, 0.4) is 0 Å². The zero-order valence-electron chi connectivity index (χ0n) is 11.0. The fourth-order valence-electron chi connectivity index (χ4n) is 1.81. The molecule has 5 nitrogen and oxygen atoms in total. The zero-order chi connectivity index (χ0) is 15.8. The number of benzene rings is 1. The molecule has 0 atom stereocenters. The van der Waals surface area contributed by atoms with Gasteiger partial charge in [-0.25, -0.2) is 22.3 Å². The Balaban J connectivity index is 2.33. The second kappa shape index (κ2) is 5.75. The molecule has 0 bridgehead atoms. The predicted molar refractivity (Wildman–Crippen MR) is 79.0 cm³/mol. The topological polar surface area (TPSA) is 83.5 Å². The van der Waals surface area contributed by atoms with Gasteiger partial charge in [-0.1, -0.05) is 11.6 Å². The molecule has 1 fully saturated rings. The van der Waals surface area contributed by atoms with Gasteiger partial charge in [0.15, 0.2) is 5.82 Å². The molecule has 1 aromatic carbocycles. The Morgan fingerprint density at radius 3 is 2.62 bits per heavy atom. The van der Waals surface area contributed by atoms with Gasteiger partial charge in [-0.05, 0) is 31.2 Å². The molecule has 0 saturated heterocycles. The molecule has 0 aromatic heterocycles. The average Bonchev–Trinajstić information content (AvgIpc) is 3.19. The van der Waals surface area contributed by atoms with Crippen LogP contribution in [0.15, 0.2) is 17.0 Å². The lowest BCUT2D eigenvalue weighted by Gasteiger charge is -2.14. The summed E-state index contributed by atoms with van der Waals surface area (Å²) in [7, 11) is -4.16. The standard InChI is InChI=1S/C12H13ClFNO4S2/c1-20-12(2-3-12)6-15-21(18,19)9-5-7(13)4-8(10(9)14)11(16)17/h4-5,15H,2-3,6H2,1H3,(H,16,17). The van der Waals surface area contributed by atoms with Crippen molar-refractivity contribution in [3.63, 3.8) is 0 Å². The number of rotatable bonds is 6. The van der Waals surface area contributed by atoms with Gasteiger partial charge in [0.25, 0.3) is 0 Å². The van der Waals surface area contributed by atoms with Crippen LogP contribution in [0.4, 0.5) is 4.39 Å². The first kappa shape index (κ1) is 16.5. The van der Waals surface area contributed by atoms with Crippen molar-refractivity contribution in [2.75, 3.05) is 12.8 Å². The van der Waals surface area contributed by atoms with Crippen molar-refractivity contribution in [1.82, 2.24) is 4.72 Å². The summed E-state index contributed by atoms with van der Waals surface area (Å²) in [5, 5.41) is 8.72. The molecule has 9 heteroatoms. The van der Waals surface area contributed by atoms with Crippen LogP contribution >= 0.6 is 23.4 Å². The molecular formula is C12H13ClFNO4S2. The van der Waals surface area contributed by atoms with Gasteiger partial charge in [0.05, 0.1) is 5.56 Å². The lowest BCUT2D eigenvalue weighted by molar-refractivity contribution is 0.0691. The highest BCUT2D eigenvalue weighted by Gasteiger charge is 2.42. The quantitative estimate of drug-likeness (QED) is 0.820. The minimum absolute atomic E-state index is 0.141. The molecule has 21 heavy (non-hydrogen) atoms. The average molecular weight is 354 g/mol. The van der Waals surface area contributed by atoms with Gasteiger partial charge in [0.1, 0.15) is 4.90 Å². The Kier molecular flexibility index (Phi) is 4.53. The van der Waals surface area contributed by atoms with E-state index in [2.05, 4.69) is 4.72 Å². The van der Waals surface area contributed by atoms with Crippen molar-refractivity contribution in [3.05, 3.63) is 28.5 Å². The van der Waals surface area contributed by atoms with Crippen LogP contribution in [0.5, 0.6) is 0 Å². The van der Waals surface area contributed by atoms with E-state index in [-0.39, 0.29) is 16.3 Å². The summed E-state index contributed by atoms with van der Waals surface area (Å²) in [6.45, 7) is 0.171. The van der Waals surface area contributed by atoms with Gasteiger partial charge in [-0.3, -0.25) is 0 Å². The monoisotopic (exact) mass is 353 g/mol. The fraction of sp³-hybridized carbons (Fsp3) is 0.417. The second-order valence-corrected chi connectivity index (χ2v) is 8.23. The molecule has 1 aromatic rings. The molecule has 0 heterocycles. The molecule has 2 N–H and O–H groups in total. The SMILES string of the molecule is CSC1(CNS(=O)(=O)c2cc(Cl)cc(C(=O)O)c2F)CC1. The lowest BCUT2D eigenvalue weighted by Crippen LogP contribution is -2.32. The molecule has 116 valence electrons. The van der Waals surface area contributed by atoms with Gasteiger partial charge in [-0.2, -0.15) is 11.8 Å². The maximum absolute atomic E-state index is 14.1. The molecule has 1 saturated carbocycles. The second-order valence-electron chi connectivity index (χ2n) is 4.78. The van der Waals surface area contributed by atoms with Crippen LogP contribution < -0.4 is 4.72 Å². The first-order valence-electron chi connectivity index (χ1n) is 5.98. The third-order valence-corrected chi connectivity index (χ3v) is 6.39. The highest BCUT2D eigenvalue weighted by Crippen LogP contribution is 2.46. The Labute approximate surface area is 130 Å². The first-order valence-corrected chi connectivity index (χ1v) is 9.06. The molecular weight excluding hydrogens is 341 g/mol. The summed E-state index contributed by atoms with van der Waals surface area (Å²) in [6.07, 6.45) is 3.65. The summed E-state index contributed by atoms with van der Waals surface area (Å²) in [4.78, 5) is 10.2. The molecule has 0 amide bonds. The summed E-state index contributed by atoms with van der Waals surface area (Å²) in [5.41, 5.74) is -0.770. The lowest BCUT2D eigenvalue weighted by atomic mass is 10.2. The number of carboxylic acids is 1. The van der Waals surface area contributed by atoms with Crippen LogP contribution in [-0.4, -0.2) is 37.0 Å². The maximum Gasteiger partial charge on any atom is 0.338 e. The number of carbonyl (C=O) groups is 1. The Hall–Kier alpha value is -0.830. The molecule has 1 aliphatic rings. The number of hydrogen-bond donors (Lipinski definition) is 2. The minimum Gasteiger partial charge on any atom is -0.478 e. The smallest absolute Gasteiger partial charge is 0.338 e.